The summed E-state index contributed by atoms with van der Waals surface area (Å²) in [4.78, 5) is 31.8. The Hall–Kier alpha value is -4.02. The Bertz CT molecular complexity index is 1930. The average Bonchev–Trinajstić information content (AvgIpc) is 3.66. The summed E-state index contributed by atoms with van der Waals surface area (Å²) >= 11 is 1.68. The minimum Gasteiger partial charge on any atom is -0.495 e. The number of hydrogen-bond donors (Lipinski definition) is 0. The van der Waals surface area contributed by atoms with E-state index in [4.69, 9.17) is 4.74 Å². The molecule has 0 spiro atoms. The standard InChI is InChI=1S/C20H17F3N2O7S2.C7H5NS/c1-32-17-13(19(27)24-6-7-33(28,29)10-24)8-12(9-14(17)20(21,22)23)18(26)25-11-34(30,31)16-5-3-2-4-15(16)25;1-2-4-7-6(3-1)8-5-9-7/h2-5,8-9H,6-7,10-11H2,1H3;1-5H. The van der Waals surface area contributed by atoms with Crippen LogP contribution < -0.4 is 9.64 Å². The Morgan fingerprint density at radius 1 is 0.953 bits per heavy atom. The Balaban J connectivity index is 0.000000345. The van der Waals surface area contributed by atoms with Gasteiger partial charge in [-0.25, -0.2) is 21.8 Å². The highest BCUT2D eigenvalue weighted by atomic mass is 32.2. The number of benzene rings is 3. The number of fused-ring (bicyclic) bond motifs is 2. The zero-order valence-electron chi connectivity index (χ0n) is 22.2. The normalized spacial score (nSPS) is 16.8. The van der Waals surface area contributed by atoms with E-state index in [0.29, 0.717) is 6.07 Å². The summed E-state index contributed by atoms with van der Waals surface area (Å²) in [6, 6.07) is 15.0. The largest absolute Gasteiger partial charge is 0.495 e. The van der Waals surface area contributed by atoms with E-state index in [1.165, 1.54) is 29.0 Å². The van der Waals surface area contributed by atoms with Gasteiger partial charge in [0.15, 0.2) is 19.7 Å². The average molecular weight is 654 g/mol. The first-order chi connectivity index (χ1) is 20.2. The van der Waals surface area contributed by atoms with Gasteiger partial charge in [-0.3, -0.25) is 14.5 Å². The van der Waals surface area contributed by atoms with Crippen molar-refractivity contribution in [1.82, 2.24) is 9.88 Å². The Morgan fingerprint density at radius 3 is 2.30 bits per heavy atom. The molecule has 3 heterocycles. The molecule has 0 N–H and O–H groups in total. The lowest BCUT2D eigenvalue weighted by atomic mass is 10.0. The number of aromatic nitrogens is 1. The van der Waals surface area contributed by atoms with E-state index in [-0.39, 0.29) is 22.9 Å². The smallest absolute Gasteiger partial charge is 0.420 e. The maximum Gasteiger partial charge on any atom is 0.420 e. The molecule has 10 nitrogen and oxygen atoms in total. The molecule has 2 aliphatic heterocycles. The number of thiazole rings is 1. The van der Waals surface area contributed by atoms with Gasteiger partial charge < -0.3 is 9.64 Å². The molecule has 0 saturated carbocycles. The highest BCUT2D eigenvalue weighted by molar-refractivity contribution is 7.92. The fourth-order valence-corrected chi connectivity index (χ4v) is 8.21. The van der Waals surface area contributed by atoms with Crippen LogP contribution in [-0.4, -0.2) is 69.7 Å². The van der Waals surface area contributed by atoms with Crippen LogP contribution in [0.3, 0.4) is 0 Å². The van der Waals surface area contributed by atoms with E-state index in [0.717, 1.165) is 28.5 Å². The van der Waals surface area contributed by atoms with Crippen LogP contribution in [0.15, 0.2) is 71.1 Å². The van der Waals surface area contributed by atoms with Crippen LogP contribution in [0.5, 0.6) is 5.75 Å². The number of ether oxygens (including phenoxy) is 1. The van der Waals surface area contributed by atoms with E-state index < -0.39 is 71.9 Å². The predicted molar refractivity (Wildman–Crippen MR) is 153 cm³/mol. The molecule has 2 aliphatic rings. The highest BCUT2D eigenvalue weighted by Gasteiger charge is 2.41. The molecule has 43 heavy (non-hydrogen) atoms. The summed E-state index contributed by atoms with van der Waals surface area (Å²) in [5.41, 5.74) is 0.267. The van der Waals surface area contributed by atoms with Crippen molar-refractivity contribution in [3.63, 3.8) is 0 Å². The number of halogens is 3. The van der Waals surface area contributed by atoms with E-state index in [2.05, 4.69) is 11.1 Å². The van der Waals surface area contributed by atoms with Gasteiger partial charge in [0.25, 0.3) is 11.8 Å². The minimum absolute atomic E-state index is 0.00427. The molecule has 0 atom stereocenters. The maximum absolute atomic E-state index is 13.8. The number of hydrogen-bond acceptors (Lipinski definition) is 9. The first-order valence-corrected chi connectivity index (χ1v) is 16.8. The maximum atomic E-state index is 13.8. The molecule has 3 aromatic carbocycles. The molecular formula is C27H22F3N3O7S3. The SMILES string of the molecule is COc1c(C(=O)N2CCS(=O)(=O)C2)cc(C(=O)N2CS(=O)(=O)c3ccccc32)cc1C(F)(F)F.c1ccc2scnc2c1. The van der Waals surface area contributed by atoms with Gasteiger partial charge in [0, 0.05) is 12.1 Å². The summed E-state index contributed by atoms with van der Waals surface area (Å²) in [7, 11) is -6.58. The lowest BCUT2D eigenvalue weighted by Crippen LogP contribution is -2.32. The summed E-state index contributed by atoms with van der Waals surface area (Å²) in [5, 5.41) is 0. The van der Waals surface area contributed by atoms with Crippen LogP contribution in [0.25, 0.3) is 10.2 Å². The van der Waals surface area contributed by atoms with Crippen LogP contribution in [0.4, 0.5) is 18.9 Å². The molecular weight excluding hydrogens is 632 g/mol. The van der Waals surface area contributed by atoms with Crippen molar-refractivity contribution in [2.45, 2.75) is 11.1 Å². The molecule has 16 heteroatoms. The molecule has 0 unspecified atom stereocenters. The van der Waals surface area contributed by atoms with Gasteiger partial charge in [0.2, 0.25) is 0 Å². The zero-order chi connectivity index (χ0) is 31.2. The van der Waals surface area contributed by atoms with Gasteiger partial charge in [0.1, 0.15) is 17.5 Å². The molecule has 0 radical (unpaired) electrons. The van der Waals surface area contributed by atoms with Crippen molar-refractivity contribution in [3.8, 4) is 5.75 Å². The predicted octanol–water partition coefficient (Wildman–Crippen LogP) is 4.23. The molecule has 0 bridgehead atoms. The number of sulfone groups is 2. The third-order valence-electron chi connectivity index (χ3n) is 6.66. The number of methoxy groups -OCH3 is 1. The lowest BCUT2D eigenvalue weighted by molar-refractivity contribution is -0.138. The second-order valence-electron chi connectivity index (χ2n) is 9.51. The van der Waals surface area contributed by atoms with Crippen molar-refractivity contribution < 1.29 is 44.3 Å². The number of amides is 2. The van der Waals surface area contributed by atoms with Gasteiger partial charge in [-0.1, -0.05) is 24.3 Å². The number of alkyl halides is 3. The molecule has 6 rings (SSSR count). The molecule has 1 aromatic heterocycles. The van der Waals surface area contributed by atoms with Crippen LogP contribution in [0.2, 0.25) is 0 Å². The van der Waals surface area contributed by atoms with E-state index in [9.17, 15) is 39.6 Å². The second-order valence-corrected chi connectivity index (χ2v) is 14.5. The number of carbonyl (C=O) groups is 2. The van der Waals surface area contributed by atoms with Crippen LogP contribution in [0.1, 0.15) is 26.3 Å². The lowest BCUT2D eigenvalue weighted by Gasteiger charge is -2.22. The summed E-state index contributed by atoms with van der Waals surface area (Å²) in [6.45, 7) is -0.235. The molecule has 1 saturated heterocycles. The van der Waals surface area contributed by atoms with Gasteiger partial charge in [-0.2, -0.15) is 13.2 Å². The monoisotopic (exact) mass is 653 g/mol. The Kier molecular flexibility index (Phi) is 7.96. The number of carbonyl (C=O) groups excluding carboxylic acids is 2. The van der Waals surface area contributed by atoms with E-state index >= 15 is 0 Å². The Morgan fingerprint density at radius 2 is 1.65 bits per heavy atom. The zero-order valence-corrected chi connectivity index (χ0v) is 24.7. The number of para-hydroxylation sites is 2. The number of anilines is 1. The van der Waals surface area contributed by atoms with Crippen molar-refractivity contribution in [2.24, 2.45) is 0 Å². The first-order valence-electron chi connectivity index (χ1n) is 12.4. The highest BCUT2D eigenvalue weighted by Crippen LogP contribution is 2.41. The van der Waals surface area contributed by atoms with Crippen molar-refractivity contribution >= 4 is 58.7 Å². The molecule has 226 valence electrons. The molecule has 2 amide bonds. The fraction of sp³-hybridized carbons (Fsp3) is 0.222. The van der Waals surface area contributed by atoms with E-state index in [1.54, 1.807) is 11.3 Å². The van der Waals surface area contributed by atoms with E-state index in [1.807, 2.05) is 23.7 Å². The van der Waals surface area contributed by atoms with Crippen LogP contribution >= 0.6 is 11.3 Å². The Labute approximate surface area is 248 Å². The van der Waals surface area contributed by atoms with Gasteiger partial charge in [0.05, 0.1) is 50.3 Å². The van der Waals surface area contributed by atoms with Gasteiger partial charge >= 0.3 is 6.18 Å². The number of rotatable bonds is 3. The second kappa shape index (κ2) is 11.2. The van der Waals surface area contributed by atoms with Gasteiger partial charge in [-0.05, 0) is 36.4 Å². The fourth-order valence-electron chi connectivity index (χ4n) is 4.67. The van der Waals surface area contributed by atoms with Gasteiger partial charge in [-0.15, -0.1) is 11.3 Å². The summed E-state index contributed by atoms with van der Waals surface area (Å²) < 4.78 is 96.0. The van der Waals surface area contributed by atoms with Crippen LogP contribution in [-0.2, 0) is 25.9 Å². The van der Waals surface area contributed by atoms with Crippen molar-refractivity contribution in [3.05, 3.63) is 82.9 Å². The quantitative estimate of drug-likeness (QED) is 0.321. The third kappa shape index (κ3) is 6.07. The summed E-state index contributed by atoms with van der Waals surface area (Å²) in [6.07, 6.45) is -5.04. The minimum atomic E-state index is -5.04. The molecule has 4 aromatic rings. The van der Waals surface area contributed by atoms with Crippen LogP contribution in [0, 0.1) is 0 Å². The topological polar surface area (TPSA) is 131 Å². The molecule has 1 fully saturated rings. The molecule has 0 aliphatic carbocycles. The van der Waals surface area contributed by atoms with Crippen molar-refractivity contribution in [1.29, 1.82) is 0 Å². The van der Waals surface area contributed by atoms with Crippen molar-refractivity contribution in [2.75, 3.05) is 36.1 Å². The third-order valence-corrected chi connectivity index (χ3v) is 10.6. The number of nitrogens with zero attached hydrogens (tertiary/aromatic N) is 3. The first kappa shape index (κ1) is 30.4. The summed E-state index contributed by atoms with van der Waals surface area (Å²) in [5.74, 6) is -4.84.